The van der Waals surface area contributed by atoms with Crippen molar-refractivity contribution in [3.05, 3.63) is 35.9 Å². The van der Waals surface area contributed by atoms with Crippen LogP contribution in [0.1, 0.15) is 24.8 Å². The molecule has 4 heteroatoms. The van der Waals surface area contributed by atoms with Crippen LogP contribution in [0.3, 0.4) is 0 Å². The fraction of sp³-hybridized carbons (Fsp3) is 0.364. The average molecular weight is 225 g/mol. The Morgan fingerprint density at radius 1 is 1.53 bits per heavy atom. The van der Waals surface area contributed by atoms with Crippen LogP contribution < -0.4 is 5.11 Å². The molecular formula is C11H13O3S-. The number of aliphatic hydroxyl groups is 1. The molecule has 0 saturated carbocycles. The first-order valence-electron chi connectivity index (χ1n) is 4.71. The Morgan fingerprint density at radius 3 is 2.47 bits per heavy atom. The minimum atomic E-state index is -2.13. The lowest BCUT2D eigenvalue weighted by Crippen LogP contribution is -2.48. The molecule has 1 aromatic rings. The number of carbonyl (C=O) groups is 1. The number of thiol groups is 1. The maximum absolute atomic E-state index is 10.8. The molecule has 3 nitrogen and oxygen atoms in total. The minimum absolute atomic E-state index is 0.470. The van der Waals surface area contributed by atoms with Crippen molar-refractivity contribution >= 4 is 18.6 Å². The first-order valence-corrected chi connectivity index (χ1v) is 5.16. The van der Waals surface area contributed by atoms with Crippen LogP contribution in [0.2, 0.25) is 0 Å². The molecule has 0 saturated heterocycles. The van der Waals surface area contributed by atoms with Crippen LogP contribution in [-0.2, 0) is 4.79 Å². The van der Waals surface area contributed by atoms with Gasteiger partial charge in [0.2, 0.25) is 0 Å². The maximum atomic E-state index is 10.8. The van der Waals surface area contributed by atoms with Crippen LogP contribution in [0.4, 0.5) is 0 Å². The summed E-state index contributed by atoms with van der Waals surface area (Å²) in [6.45, 7) is 1.79. The number of aliphatic carboxylic acids is 1. The molecule has 0 aliphatic heterocycles. The van der Waals surface area contributed by atoms with Crippen molar-refractivity contribution in [2.75, 3.05) is 0 Å². The molecule has 2 atom stereocenters. The number of benzene rings is 1. The summed E-state index contributed by atoms with van der Waals surface area (Å²) >= 11 is 3.76. The molecule has 0 bridgehead atoms. The number of carboxylic acids is 1. The molecular weight excluding hydrogens is 212 g/mol. The smallest absolute Gasteiger partial charge is 0.154 e. The third-order valence-electron chi connectivity index (χ3n) is 2.40. The van der Waals surface area contributed by atoms with E-state index in [1.165, 1.54) is 0 Å². The van der Waals surface area contributed by atoms with Crippen molar-refractivity contribution in [3.63, 3.8) is 0 Å². The summed E-state index contributed by atoms with van der Waals surface area (Å²) in [5, 5.41) is 20.5. The zero-order valence-corrected chi connectivity index (χ0v) is 9.28. The Morgan fingerprint density at radius 2 is 2.07 bits per heavy atom. The number of carboxylic acid groups (broad SMARTS) is 1. The number of rotatable bonds is 4. The third kappa shape index (κ3) is 2.52. The highest BCUT2D eigenvalue weighted by molar-refractivity contribution is 7.82. The summed E-state index contributed by atoms with van der Waals surface area (Å²) in [5.74, 6) is -2.14. The van der Waals surface area contributed by atoms with E-state index >= 15 is 0 Å². The molecule has 0 fully saturated rings. The Balaban J connectivity index is 3.05. The summed E-state index contributed by atoms with van der Waals surface area (Å²) < 4.78 is 0. The second kappa shape index (κ2) is 4.68. The van der Waals surface area contributed by atoms with Gasteiger partial charge in [-0.15, -0.1) is 12.6 Å². The predicted octanol–water partition coefficient (Wildman–Crippen LogP) is 0.548. The van der Waals surface area contributed by atoms with Crippen LogP contribution in [-0.4, -0.2) is 16.0 Å². The third-order valence-corrected chi connectivity index (χ3v) is 2.89. The van der Waals surface area contributed by atoms with Crippen LogP contribution >= 0.6 is 12.6 Å². The van der Waals surface area contributed by atoms with Gasteiger partial charge in [0.25, 0.3) is 0 Å². The van der Waals surface area contributed by atoms with Crippen LogP contribution in [0.5, 0.6) is 0 Å². The number of hydrogen-bond acceptors (Lipinski definition) is 4. The van der Waals surface area contributed by atoms with E-state index in [0.29, 0.717) is 6.42 Å². The van der Waals surface area contributed by atoms with Crippen LogP contribution in [0.25, 0.3) is 0 Å². The van der Waals surface area contributed by atoms with E-state index in [4.69, 9.17) is 0 Å². The van der Waals surface area contributed by atoms with Crippen molar-refractivity contribution in [2.24, 2.45) is 0 Å². The average Bonchev–Trinajstić information content (AvgIpc) is 2.19. The molecule has 15 heavy (non-hydrogen) atoms. The fourth-order valence-corrected chi connectivity index (χ4v) is 1.91. The first kappa shape index (κ1) is 12.1. The van der Waals surface area contributed by atoms with E-state index in [2.05, 4.69) is 12.6 Å². The highest BCUT2D eigenvalue weighted by atomic mass is 32.1. The highest BCUT2D eigenvalue weighted by Crippen LogP contribution is 2.33. The fourth-order valence-electron chi connectivity index (χ4n) is 1.58. The molecule has 0 amide bonds. The molecule has 1 rings (SSSR count). The molecule has 1 N–H and O–H groups in total. The molecule has 0 heterocycles. The number of carbonyl (C=O) groups excluding carboxylic acids is 1. The second-order valence-corrected chi connectivity index (χ2v) is 4.07. The SMILES string of the molecule is CCC(c1ccccc1)C(O)(S)C(=O)[O-]. The van der Waals surface area contributed by atoms with Gasteiger partial charge in [-0.1, -0.05) is 37.3 Å². The van der Waals surface area contributed by atoms with Gasteiger partial charge in [-0.2, -0.15) is 0 Å². The molecule has 2 unspecified atom stereocenters. The predicted molar refractivity (Wildman–Crippen MR) is 58.4 cm³/mol. The summed E-state index contributed by atoms with van der Waals surface area (Å²) in [4.78, 5) is 8.63. The van der Waals surface area contributed by atoms with E-state index < -0.39 is 16.8 Å². The summed E-state index contributed by atoms with van der Waals surface area (Å²) in [6.07, 6.45) is 0.470. The zero-order chi connectivity index (χ0) is 11.5. The van der Waals surface area contributed by atoms with Crippen molar-refractivity contribution < 1.29 is 15.0 Å². The van der Waals surface area contributed by atoms with Gasteiger partial charge in [0, 0.05) is 5.92 Å². The van der Waals surface area contributed by atoms with Gasteiger partial charge >= 0.3 is 0 Å². The van der Waals surface area contributed by atoms with Gasteiger partial charge in [0.05, 0.1) is 5.97 Å². The molecule has 0 aromatic heterocycles. The monoisotopic (exact) mass is 225 g/mol. The van der Waals surface area contributed by atoms with Gasteiger partial charge in [0.15, 0.2) is 4.93 Å². The quantitative estimate of drug-likeness (QED) is 0.581. The molecule has 0 aliphatic rings. The Bertz CT molecular complexity index is 335. The largest absolute Gasteiger partial charge is 0.546 e. The standard InChI is InChI=1S/C11H14O3S/c1-2-9(11(14,15)10(12)13)8-6-4-3-5-7-8/h3-7,9,14-15H,2H2,1H3,(H,12,13)/p-1. The maximum Gasteiger partial charge on any atom is 0.154 e. The van der Waals surface area contributed by atoms with E-state index in [9.17, 15) is 15.0 Å². The Kier molecular flexibility index (Phi) is 3.77. The zero-order valence-electron chi connectivity index (χ0n) is 8.38. The van der Waals surface area contributed by atoms with E-state index in [1.807, 2.05) is 6.07 Å². The van der Waals surface area contributed by atoms with Gasteiger partial charge in [0.1, 0.15) is 0 Å². The van der Waals surface area contributed by atoms with Gasteiger partial charge in [-0.25, -0.2) is 0 Å². The van der Waals surface area contributed by atoms with Gasteiger partial charge in [-0.3, -0.25) is 0 Å². The normalized spacial score (nSPS) is 16.7. The lowest BCUT2D eigenvalue weighted by Gasteiger charge is -2.32. The molecule has 82 valence electrons. The first-order chi connectivity index (χ1) is 7.00. The lowest BCUT2D eigenvalue weighted by molar-refractivity contribution is -0.318. The summed E-state index contributed by atoms with van der Waals surface area (Å²) in [5.41, 5.74) is 0.738. The number of hydrogen-bond donors (Lipinski definition) is 2. The topological polar surface area (TPSA) is 60.4 Å². The van der Waals surface area contributed by atoms with E-state index in [1.54, 1.807) is 31.2 Å². The molecule has 0 radical (unpaired) electrons. The van der Waals surface area contributed by atoms with Crippen LogP contribution in [0, 0.1) is 0 Å². The van der Waals surface area contributed by atoms with E-state index in [-0.39, 0.29) is 0 Å². The molecule has 0 spiro atoms. The van der Waals surface area contributed by atoms with E-state index in [0.717, 1.165) is 5.56 Å². The summed E-state index contributed by atoms with van der Waals surface area (Å²) in [6, 6.07) is 8.93. The second-order valence-electron chi connectivity index (χ2n) is 3.39. The summed E-state index contributed by atoms with van der Waals surface area (Å²) in [7, 11) is 0. The Labute approximate surface area is 94.2 Å². The van der Waals surface area contributed by atoms with Gasteiger partial charge in [-0.05, 0) is 12.0 Å². The van der Waals surface area contributed by atoms with Crippen molar-refractivity contribution in [1.29, 1.82) is 0 Å². The van der Waals surface area contributed by atoms with Crippen molar-refractivity contribution in [3.8, 4) is 0 Å². The minimum Gasteiger partial charge on any atom is -0.546 e. The van der Waals surface area contributed by atoms with Crippen LogP contribution in [0.15, 0.2) is 30.3 Å². The lowest BCUT2D eigenvalue weighted by atomic mass is 9.90. The highest BCUT2D eigenvalue weighted by Gasteiger charge is 2.34. The molecule has 1 aromatic carbocycles. The molecule has 0 aliphatic carbocycles. The van der Waals surface area contributed by atoms with Crippen molar-refractivity contribution in [2.45, 2.75) is 24.2 Å². The van der Waals surface area contributed by atoms with Crippen molar-refractivity contribution in [1.82, 2.24) is 0 Å². The Hall–Kier alpha value is -1.00. The van der Waals surface area contributed by atoms with Gasteiger partial charge < -0.3 is 15.0 Å².